The van der Waals surface area contributed by atoms with Gasteiger partial charge >= 0.3 is 6.03 Å². The molecule has 4 heteroatoms. The normalized spacial score (nSPS) is 9.46. The fraction of sp³-hybridized carbons (Fsp3) is 0.778. The Labute approximate surface area is 79.5 Å². The molecule has 0 aromatic carbocycles. The fourth-order valence-electron chi connectivity index (χ4n) is 1.02. The lowest BCUT2D eigenvalue weighted by Crippen LogP contribution is -2.44. The lowest BCUT2D eigenvalue weighted by Gasteiger charge is -2.25. The van der Waals surface area contributed by atoms with E-state index in [4.69, 9.17) is 5.26 Å². The molecule has 74 valence electrons. The van der Waals surface area contributed by atoms with Crippen molar-refractivity contribution in [2.24, 2.45) is 0 Å². The van der Waals surface area contributed by atoms with Crippen molar-refractivity contribution in [3.05, 3.63) is 0 Å². The molecule has 0 aliphatic rings. The summed E-state index contributed by atoms with van der Waals surface area (Å²) in [7, 11) is 0. The summed E-state index contributed by atoms with van der Waals surface area (Å²) in [5.41, 5.74) is 0. The smallest absolute Gasteiger partial charge is 0.317 e. The molecule has 4 nitrogen and oxygen atoms in total. The first-order chi connectivity index (χ1) is 6.13. The zero-order valence-electron chi connectivity index (χ0n) is 8.50. The van der Waals surface area contributed by atoms with E-state index in [0.717, 1.165) is 0 Å². The Bertz CT molecular complexity index is 196. The van der Waals surface area contributed by atoms with E-state index in [1.54, 1.807) is 4.90 Å². The molecule has 0 radical (unpaired) electrons. The standard InChI is InChI=1S/C9H17N3O/c1-4-11-9(13)12(8(2)3)7-5-6-10/h8H,4-5,7H2,1-3H3,(H,11,13). The topological polar surface area (TPSA) is 56.1 Å². The molecule has 0 saturated heterocycles. The Morgan fingerprint density at radius 3 is 2.62 bits per heavy atom. The van der Waals surface area contributed by atoms with Gasteiger partial charge in [0.2, 0.25) is 0 Å². The summed E-state index contributed by atoms with van der Waals surface area (Å²) in [6, 6.07) is 2.08. The maximum atomic E-state index is 11.4. The summed E-state index contributed by atoms with van der Waals surface area (Å²) in [6.45, 7) is 6.87. The van der Waals surface area contributed by atoms with Crippen molar-refractivity contribution >= 4 is 6.03 Å². The number of carbonyl (C=O) groups is 1. The van der Waals surface area contributed by atoms with Crippen LogP contribution in [0.2, 0.25) is 0 Å². The number of amides is 2. The number of nitrogens with zero attached hydrogens (tertiary/aromatic N) is 2. The Balaban J connectivity index is 4.09. The molecule has 0 saturated carbocycles. The SMILES string of the molecule is CCNC(=O)N(CCC#N)C(C)C. The number of hydrogen-bond acceptors (Lipinski definition) is 2. The third-order valence-corrected chi connectivity index (χ3v) is 1.68. The number of nitrogens with one attached hydrogen (secondary N) is 1. The largest absolute Gasteiger partial charge is 0.338 e. The zero-order chi connectivity index (χ0) is 10.3. The number of nitriles is 1. The van der Waals surface area contributed by atoms with E-state index >= 15 is 0 Å². The van der Waals surface area contributed by atoms with Gasteiger partial charge in [0.15, 0.2) is 0 Å². The number of hydrogen-bond donors (Lipinski definition) is 1. The van der Waals surface area contributed by atoms with Crippen LogP contribution in [0.4, 0.5) is 4.79 Å². The highest BCUT2D eigenvalue weighted by molar-refractivity contribution is 5.74. The number of urea groups is 1. The highest BCUT2D eigenvalue weighted by Crippen LogP contribution is 1.99. The zero-order valence-corrected chi connectivity index (χ0v) is 8.50. The molecule has 1 N–H and O–H groups in total. The van der Waals surface area contributed by atoms with Crippen molar-refractivity contribution in [1.29, 1.82) is 5.26 Å². The van der Waals surface area contributed by atoms with E-state index in [1.807, 2.05) is 26.8 Å². The molecule has 0 fully saturated rings. The van der Waals surface area contributed by atoms with Crippen LogP contribution in [0.15, 0.2) is 0 Å². The molecule has 0 aliphatic carbocycles. The average molecular weight is 183 g/mol. The minimum absolute atomic E-state index is 0.0900. The van der Waals surface area contributed by atoms with Gasteiger partial charge in [-0.05, 0) is 20.8 Å². The molecule has 0 spiro atoms. The van der Waals surface area contributed by atoms with E-state index in [0.29, 0.717) is 19.5 Å². The lowest BCUT2D eigenvalue weighted by molar-refractivity contribution is 0.185. The van der Waals surface area contributed by atoms with Crippen molar-refractivity contribution in [3.63, 3.8) is 0 Å². The highest BCUT2D eigenvalue weighted by atomic mass is 16.2. The molecule has 0 atom stereocenters. The molecular weight excluding hydrogens is 166 g/mol. The van der Waals surface area contributed by atoms with Crippen LogP contribution >= 0.6 is 0 Å². The van der Waals surface area contributed by atoms with Gasteiger partial charge in [0.1, 0.15) is 0 Å². The van der Waals surface area contributed by atoms with Crippen molar-refractivity contribution < 1.29 is 4.79 Å². The highest BCUT2D eigenvalue weighted by Gasteiger charge is 2.14. The second-order valence-corrected chi connectivity index (χ2v) is 3.03. The van der Waals surface area contributed by atoms with Crippen LogP contribution in [-0.4, -0.2) is 30.1 Å². The average Bonchev–Trinajstić information content (AvgIpc) is 2.05. The van der Waals surface area contributed by atoms with Gasteiger partial charge < -0.3 is 10.2 Å². The van der Waals surface area contributed by atoms with Crippen molar-refractivity contribution in [1.82, 2.24) is 10.2 Å². The summed E-state index contributed by atoms with van der Waals surface area (Å²) < 4.78 is 0. The quantitative estimate of drug-likeness (QED) is 0.715. The summed E-state index contributed by atoms with van der Waals surface area (Å²) >= 11 is 0. The molecule has 0 unspecified atom stereocenters. The Morgan fingerprint density at radius 1 is 1.62 bits per heavy atom. The van der Waals surface area contributed by atoms with Crippen LogP contribution in [0.25, 0.3) is 0 Å². The minimum atomic E-state index is -0.0900. The third-order valence-electron chi connectivity index (χ3n) is 1.68. The predicted octanol–water partition coefficient (Wildman–Crippen LogP) is 1.34. The minimum Gasteiger partial charge on any atom is -0.338 e. The summed E-state index contributed by atoms with van der Waals surface area (Å²) in [6.07, 6.45) is 0.384. The van der Waals surface area contributed by atoms with Crippen LogP contribution in [-0.2, 0) is 0 Å². The van der Waals surface area contributed by atoms with E-state index in [1.165, 1.54) is 0 Å². The van der Waals surface area contributed by atoms with Gasteiger partial charge in [-0.25, -0.2) is 4.79 Å². The summed E-state index contributed by atoms with van der Waals surface area (Å²) in [5, 5.41) is 11.1. The second-order valence-electron chi connectivity index (χ2n) is 3.03. The molecule has 0 heterocycles. The lowest BCUT2D eigenvalue weighted by atomic mass is 10.3. The third kappa shape index (κ3) is 4.36. The Morgan fingerprint density at radius 2 is 2.23 bits per heavy atom. The molecule has 0 rings (SSSR count). The molecule has 2 amide bonds. The summed E-state index contributed by atoms with van der Waals surface area (Å²) in [4.78, 5) is 13.1. The van der Waals surface area contributed by atoms with Crippen LogP contribution in [0.5, 0.6) is 0 Å². The maximum Gasteiger partial charge on any atom is 0.317 e. The van der Waals surface area contributed by atoms with Gasteiger partial charge in [-0.2, -0.15) is 5.26 Å². The van der Waals surface area contributed by atoms with E-state index in [-0.39, 0.29) is 12.1 Å². The first-order valence-corrected chi connectivity index (χ1v) is 4.54. The van der Waals surface area contributed by atoms with Crippen LogP contribution in [0.1, 0.15) is 27.2 Å². The van der Waals surface area contributed by atoms with Crippen molar-refractivity contribution in [2.75, 3.05) is 13.1 Å². The van der Waals surface area contributed by atoms with Gasteiger partial charge in [0.05, 0.1) is 12.5 Å². The van der Waals surface area contributed by atoms with Crippen LogP contribution in [0, 0.1) is 11.3 Å². The van der Waals surface area contributed by atoms with Crippen molar-refractivity contribution in [2.45, 2.75) is 33.2 Å². The second kappa shape index (κ2) is 6.30. The van der Waals surface area contributed by atoms with Gasteiger partial charge in [0, 0.05) is 19.1 Å². The Kier molecular flexibility index (Phi) is 5.69. The van der Waals surface area contributed by atoms with Gasteiger partial charge in [0.25, 0.3) is 0 Å². The van der Waals surface area contributed by atoms with E-state index < -0.39 is 0 Å². The molecule has 13 heavy (non-hydrogen) atoms. The molecule has 0 bridgehead atoms. The molecule has 0 aromatic rings. The molecular formula is C9H17N3O. The monoisotopic (exact) mass is 183 g/mol. The first-order valence-electron chi connectivity index (χ1n) is 4.54. The Hall–Kier alpha value is -1.24. The van der Waals surface area contributed by atoms with Gasteiger partial charge in [-0.1, -0.05) is 0 Å². The van der Waals surface area contributed by atoms with Crippen molar-refractivity contribution in [3.8, 4) is 6.07 Å². The maximum absolute atomic E-state index is 11.4. The van der Waals surface area contributed by atoms with Crippen LogP contribution in [0.3, 0.4) is 0 Å². The molecule has 0 aliphatic heterocycles. The summed E-state index contributed by atoms with van der Waals surface area (Å²) in [5.74, 6) is 0. The van der Waals surface area contributed by atoms with Gasteiger partial charge in [-0.3, -0.25) is 0 Å². The van der Waals surface area contributed by atoms with Crippen LogP contribution < -0.4 is 5.32 Å². The first kappa shape index (κ1) is 11.8. The number of rotatable bonds is 4. The van der Waals surface area contributed by atoms with E-state index in [2.05, 4.69) is 5.32 Å². The predicted molar refractivity (Wildman–Crippen MR) is 51.1 cm³/mol. The fourth-order valence-corrected chi connectivity index (χ4v) is 1.02. The number of carbonyl (C=O) groups excluding carboxylic acids is 1. The molecule has 0 aromatic heterocycles. The van der Waals surface area contributed by atoms with E-state index in [9.17, 15) is 4.79 Å². The van der Waals surface area contributed by atoms with Gasteiger partial charge in [-0.15, -0.1) is 0 Å².